The number of ether oxygens (including phenoxy) is 2. The number of thiazole rings is 1. The largest absolute Gasteiger partial charge is 0.469 e. The van der Waals surface area contributed by atoms with Crippen molar-refractivity contribution in [1.29, 1.82) is 0 Å². The minimum atomic E-state index is -0.997. The van der Waals surface area contributed by atoms with Crippen molar-refractivity contribution >= 4 is 44.7 Å². The first-order chi connectivity index (χ1) is 18.7. The molecule has 0 aliphatic heterocycles. The number of esters is 2. The number of fused-ring (bicyclic) bond motifs is 1. The summed E-state index contributed by atoms with van der Waals surface area (Å²) in [5, 5.41) is 5.98. The van der Waals surface area contributed by atoms with E-state index in [1.54, 1.807) is 32.3 Å². The van der Waals surface area contributed by atoms with Crippen molar-refractivity contribution in [3.8, 4) is 22.4 Å². The van der Waals surface area contributed by atoms with Crippen molar-refractivity contribution in [3.05, 3.63) is 60.6 Å². The van der Waals surface area contributed by atoms with E-state index in [0.717, 1.165) is 27.1 Å². The van der Waals surface area contributed by atoms with Gasteiger partial charge in [0.2, 0.25) is 0 Å². The van der Waals surface area contributed by atoms with E-state index in [4.69, 9.17) is 4.74 Å². The molecule has 0 atom stereocenters. The number of hydrogen-bond donors (Lipinski definition) is 2. The van der Waals surface area contributed by atoms with Crippen LogP contribution in [0, 0.1) is 0 Å². The molecule has 3 heterocycles. The van der Waals surface area contributed by atoms with E-state index in [1.807, 2.05) is 43.3 Å². The van der Waals surface area contributed by atoms with Gasteiger partial charge in [-0.25, -0.2) is 9.78 Å². The van der Waals surface area contributed by atoms with Gasteiger partial charge >= 0.3 is 18.0 Å². The molecule has 0 saturated heterocycles. The van der Waals surface area contributed by atoms with Crippen LogP contribution in [0.5, 0.6) is 0 Å². The highest BCUT2D eigenvalue weighted by Crippen LogP contribution is 2.38. The Bertz CT molecular complexity index is 1490. The van der Waals surface area contributed by atoms with E-state index < -0.39 is 17.5 Å². The summed E-state index contributed by atoms with van der Waals surface area (Å²) in [7, 11) is 1.27. The molecule has 2 N–H and O–H groups in total. The number of hydrogen-bond acceptors (Lipinski definition) is 9. The van der Waals surface area contributed by atoms with Crippen LogP contribution in [-0.4, -0.2) is 46.6 Å². The third-order valence-electron chi connectivity index (χ3n) is 5.83. The van der Waals surface area contributed by atoms with Crippen LogP contribution in [-0.2, 0) is 24.7 Å². The van der Waals surface area contributed by atoms with Crippen LogP contribution in [0.3, 0.4) is 0 Å². The SMILES string of the molecule is CCNC(=O)Nc1nc2cc(-c3ccc(C(C)(C)OC(=O)CCC(=O)OC)nc3)cc(-c3ccccn3)c2s1. The average molecular weight is 548 g/mol. The molecule has 39 heavy (non-hydrogen) atoms. The molecule has 0 fully saturated rings. The van der Waals surface area contributed by atoms with Gasteiger partial charge < -0.3 is 14.8 Å². The molecule has 10 nitrogen and oxygen atoms in total. The number of carbonyl (C=O) groups is 3. The number of pyridine rings is 2. The second-order valence-corrected chi connectivity index (χ2v) is 10.1. The van der Waals surface area contributed by atoms with Gasteiger partial charge in [-0.3, -0.25) is 24.9 Å². The number of rotatable bonds is 9. The van der Waals surface area contributed by atoms with Crippen molar-refractivity contribution < 1.29 is 23.9 Å². The van der Waals surface area contributed by atoms with Crippen molar-refractivity contribution in [2.75, 3.05) is 19.0 Å². The fraction of sp³-hybridized carbons (Fsp3) is 0.286. The summed E-state index contributed by atoms with van der Waals surface area (Å²) in [6.45, 7) is 5.84. The topological polar surface area (TPSA) is 132 Å². The summed E-state index contributed by atoms with van der Waals surface area (Å²) >= 11 is 1.38. The molecule has 0 aliphatic carbocycles. The molecule has 4 aromatic rings. The predicted molar refractivity (Wildman–Crippen MR) is 149 cm³/mol. The van der Waals surface area contributed by atoms with Crippen molar-refractivity contribution in [1.82, 2.24) is 20.3 Å². The van der Waals surface area contributed by atoms with E-state index in [9.17, 15) is 14.4 Å². The Morgan fingerprint density at radius 1 is 1.00 bits per heavy atom. The quantitative estimate of drug-likeness (QED) is 0.270. The van der Waals surface area contributed by atoms with Crippen LogP contribution in [0.25, 0.3) is 32.6 Å². The number of nitrogens with one attached hydrogen (secondary N) is 2. The fourth-order valence-electron chi connectivity index (χ4n) is 3.88. The molecule has 0 bridgehead atoms. The highest BCUT2D eigenvalue weighted by molar-refractivity contribution is 7.22. The number of carbonyl (C=O) groups excluding carboxylic acids is 3. The Balaban J connectivity index is 1.64. The molecule has 202 valence electrons. The first-order valence-electron chi connectivity index (χ1n) is 12.4. The number of anilines is 1. The zero-order valence-corrected chi connectivity index (χ0v) is 22.9. The van der Waals surface area contributed by atoms with Gasteiger partial charge in [0.25, 0.3) is 0 Å². The lowest BCUT2D eigenvalue weighted by atomic mass is 9.99. The second-order valence-electron chi connectivity index (χ2n) is 9.08. The lowest BCUT2D eigenvalue weighted by Gasteiger charge is -2.24. The number of nitrogens with zero attached hydrogens (tertiary/aromatic N) is 3. The lowest BCUT2D eigenvalue weighted by Crippen LogP contribution is -2.28. The van der Waals surface area contributed by atoms with Crippen molar-refractivity contribution in [3.63, 3.8) is 0 Å². The highest BCUT2D eigenvalue weighted by atomic mass is 32.1. The highest BCUT2D eigenvalue weighted by Gasteiger charge is 2.27. The Morgan fingerprint density at radius 3 is 2.46 bits per heavy atom. The van der Waals surface area contributed by atoms with Gasteiger partial charge in [0, 0.05) is 30.1 Å². The van der Waals surface area contributed by atoms with Crippen LogP contribution in [0.2, 0.25) is 0 Å². The monoisotopic (exact) mass is 547 g/mol. The summed E-state index contributed by atoms with van der Waals surface area (Å²) in [5.41, 5.74) is 3.64. The number of aromatic nitrogens is 3. The van der Waals surface area contributed by atoms with E-state index in [2.05, 4.69) is 30.3 Å². The number of methoxy groups -OCH3 is 1. The van der Waals surface area contributed by atoms with Gasteiger partial charge in [0.1, 0.15) is 5.60 Å². The first-order valence-corrected chi connectivity index (χ1v) is 13.2. The lowest BCUT2D eigenvalue weighted by molar-refractivity contribution is -0.160. The molecular weight excluding hydrogens is 518 g/mol. The average Bonchev–Trinajstić information content (AvgIpc) is 3.33. The molecule has 0 unspecified atom stereocenters. The summed E-state index contributed by atoms with van der Waals surface area (Å²) in [5.74, 6) is -0.983. The molecule has 0 aliphatic rings. The zero-order valence-electron chi connectivity index (χ0n) is 22.1. The van der Waals surface area contributed by atoms with E-state index in [0.29, 0.717) is 22.9 Å². The van der Waals surface area contributed by atoms with E-state index >= 15 is 0 Å². The summed E-state index contributed by atoms with van der Waals surface area (Å²) in [6, 6.07) is 13.0. The van der Waals surface area contributed by atoms with Crippen LogP contribution >= 0.6 is 11.3 Å². The maximum atomic E-state index is 12.2. The minimum Gasteiger partial charge on any atom is -0.469 e. The van der Waals surface area contributed by atoms with Gasteiger partial charge in [0.15, 0.2) is 5.13 Å². The Hall–Kier alpha value is -4.38. The van der Waals surface area contributed by atoms with Crippen LogP contribution in [0.15, 0.2) is 54.9 Å². The summed E-state index contributed by atoms with van der Waals surface area (Å²) in [6.07, 6.45) is 3.32. The Labute approximate surface area is 229 Å². The molecule has 11 heteroatoms. The minimum absolute atomic E-state index is 0.0456. The number of urea groups is 1. The predicted octanol–water partition coefficient (Wildman–Crippen LogP) is 5.29. The Morgan fingerprint density at radius 2 is 1.79 bits per heavy atom. The van der Waals surface area contributed by atoms with Gasteiger partial charge in [-0.15, -0.1) is 0 Å². The Kier molecular flexibility index (Phi) is 8.50. The molecule has 0 radical (unpaired) electrons. The smallest absolute Gasteiger partial charge is 0.321 e. The summed E-state index contributed by atoms with van der Waals surface area (Å²) < 4.78 is 11.1. The molecule has 1 aromatic carbocycles. The third-order valence-corrected chi connectivity index (χ3v) is 6.85. The van der Waals surface area contributed by atoms with Gasteiger partial charge in [0.05, 0.1) is 41.6 Å². The second kappa shape index (κ2) is 12.0. The maximum absolute atomic E-state index is 12.2. The summed E-state index contributed by atoms with van der Waals surface area (Å²) in [4.78, 5) is 49.4. The van der Waals surface area contributed by atoms with E-state index in [1.165, 1.54) is 18.4 Å². The third kappa shape index (κ3) is 6.74. The zero-order chi connectivity index (χ0) is 28.0. The molecule has 2 amide bonds. The van der Waals surface area contributed by atoms with Crippen molar-refractivity contribution in [2.45, 2.75) is 39.2 Å². The first kappa shape index (κ1) is 27.6. The molecule has 0 spiro atoms. The fourth-order valence-corrected chi connectivity index (χ4v) is 4.85. The molecule has 3 aromatic heterocycles. The molecule has 4 rings (SSSR count). The molecular formula is C28H29N5O5S. The van der Waals surface area contributed by atoms with Crippen LogP contribution in [0.1, 0.15) is 39.3 Å². The molecule has 0 saturated carbocycles. The van der Waals surface area contributed by atoms with Crippen molar-refractivity contribution in [2.24, 2.45) is 0 Å². The normalized spacial score (nSPS) is 11.2. The van der Waals surface area contributed by atoms with Gasteiger partial charge in [-0.2, -0.15) is 0 Å². The van der Waals surface area contributed by atoms with E-state index in [-0.39, 0.29) is 18.9 Å². The number of benzene rings is 1. The maximum Gasteiger partial charge on any atom is 0.321 e. The van der Waals surface area contributed by atoms with Crippen LogP contribution in [0.4, 0.5) is 9.93 Å². The van der Waals surface area contributed by atoms with Gasteiger partial charge in [-0.1, -0.05) is 23.5 Å². The number of amides is 2. The standard InChI is InChI=1S/C28H29N5O5S/c1-5-29-26(36)33-27-32-21-15-18(14-19(25(21)39-27)20-8-6-7-13-30-20)17-9-10-22(31-16-17)28(2,3)38-24(35)12-11-23(34)37-4/h6-10,13-16H,5,11-12H2,1-4H3,(H2,29,32,33,36). The van der Waals surface area contributed by atoms with Crippen LogP contribution < -0.4 is 10.6 Å². The van der Waals surface area contributed by atoms with Gasteiger partial charge in [-0.05, 0) is 56.7 Å².